The minimum Gasteiger partial charge on any atom is -0.508 e. The second-order valence-electron chi connectivity index (χ2n) is 8.43. The average Bonchev–Trinajstić information content (AvgIpc) is 2.63. The molecule has 3 N–H and O–H groups in total. The van der Waals surface area contributed by atoms with Crippen molar-refractivity contribution in [3.63, 3.8) is 0 Å². The zero-order valence-corrected chi connectivity index (χ0v) is 17.6. The number of phenolic OH excluding ortho intramolecular Hbond substituents is 3. The molecule has 3 rings (SSSR count). The lowest BCUT2D eigenvalue weighted by Crippen LogP contribution is -2.28. The summed E-state index contributed by atoms with van der Waals surface area (Å²) in [6, 6.07) is 6.60. The van der Waals surface area contributed by atoms with Gasteiger partial charge in [-0.3, -0.25) is 0 Å². The Kier molecular flexibility index (Phi) is 5.92. The minimum absolute atomic E-state index is 0.113. The molecule has 0 saturated carbocycles. The van der Waals surface area contributed by atoms with E-state index < -0.39 is 5.60 Å². The third kappa shape index (κ3) is 4.76. The van der Waals surface area contributed by atoms with Crippen LogP contribution in [0.3, 0.4) is 0 Å². The summed E-state index contributed by atoms with van der Waals surface area (Å²) in [7, 11) is 0. The van der Waals surface area contributed by atoms with Crippen molar-refractivity contribution < 1.29 is 20.1 Å². The predicted octanol–water partition coefficient (Wildman–Crippen LogP) is 5.67. The summed E-state index contributed by atoms with van der Waals surface area (Å²) in [6.07, 6.45) is 9.02. The number of hydrogen-bond acceptors (Lipinski definition) is 4. The monoisotopic (exact) mass is 394 g/mol. The molecule has 2 aromatic carbocycles. The molecule has 0 unspecified atom stereocenters. The van der Waals surface area contributed by atoms with Crippen LogP contribution in [0.2, 0.25) is 0 Å². The fourth-order valence-corrected chi connectivity index (χ4v) is 3.68. The molecule has 1 aliphatic rings. The first-order valence-corrected chi connectivity index (χ1v) is 10.1. The SMILES string of the molecule is CC(C)=CCc1c(CCCc2c(O)cccc2O)cc(O)c2c1C=CC(C)(C)O2. The highest BCUT2D eigenvalue weighted by Crippen LogP contribution is 2.42. The molecule has 0 aromatic heterocycles. The van der Waals surface area contributed by atoms with Crippen molar-refractivity contribution >= 4 is 6.08 Å². The van der Waals surface area contributed by atoms with E-state index in [0.29, 0.717) is 17.7 Å². The number of ether oxygens (including phenoxy) is 1. The molecule has 0 atom stereocenters. The van der Waals surface area contributed by atoms with Gasteiger partial charge in [0.2, 0.25) is 0 Å². The highest BCUT2D eigenvalue weighted by atomic mass is 16.5. The number of hydrogen-bond donors (Lipinski definition) is 3. The Labute approximate surface area is 172 Å². The van der Waals surface area contributed by atoms with Crippen molar-refractivity contribution in [2.75, 3.05) is 0 Å². The molecule has 0 radical (unpaired) electrons. The topological polar surface area (TPSA) is 69.9 Å². The van der Waals surface area contributed by atoms with Crippen molar-refractivity contribution in [2.24, 2.45) is 0 Å². The lowest BCUT2D eigenvalue weighted by molar-refractivity contribution is 0.152. The third-order valence-corrected chi connectivity index (χ3v) is 5.23. The number of phenols is 3. The molecule has 0 bridgehead atoms. The molecule has 0 saturated heterocycles. The molecule has 4 heteroatoms. The van der Waals surface area contributed by atoms with Gasteiger partial charge in [0.15, 0.2) is 11.5 Å². The summed E-state index contributed by atoms with van der Waals surface area (Å²) in [5.74, 6) is 0.916. The van der Waals surface area contributed by atoms with Gasteiger partial charge in [-0.2, -0.15) is 0 Å². The number of aryl methyl sites for hydroxylation is 1. The van der Waals surface area contributed by atoms with Crippen molar-refractivity contribution in [3.05, 3.63) is 64.2 Å². The molecule has 1 aliphatic heterocycles. The predicted molar refractivity (Wildman–Crippen MR) is 117 cm³/mol. The molecular formula is C25H30O4. The van der Waals surface area contributed by atoms with E-state index in [1.165, 1.54) is 5.57 Å². The molecule has 0 spiro atoms. The van der Waals surface area contributed by atoms with E-state index in [1.54, 1.807) is 24.3 Å². The maximum Gasteiger partial charge on any atom is 0.169 e. The second kappa shape index (κ2) is 8.24. The number of fused-ring (bicyclic) bond motifs is 1. The Bertz CT molecular complexity index is 943. The van der Waals surface area contributed by atoms with Crippen LogP contribution < -0.4 is 4.74 Å². The fraction of sp³-hybridized carbons (Fsp3) is 0.360. The standard InChI is InChI=1S/C25H30O4/c1-16(2)11-12-18-17(7-5-8-20-21(26)9-6-10-22(20)27)15-23(28)24-19(18)13-14-25(3,4)29-24/h6,9-11,13-15,26-28H,5,7-8,12H2,1-4H3. The zero-order valence-electron chi connectivity index (χ0n) is 17.6. The lowest BCUT2D eigenvalue weighted by atomic mass is 9.89. The highest BCUT2D eigenvalue weighted by molar-refractivity contribution is 5.70. The molecule has 0 amide bonds. The summed E-state index contributed by atoms with van der Waals surface area (Å²) in [6.45, 7) is 8.08. The van der Waals surface area contributed by atoms with Gasteiger partial charge in [-0.1, -0.05) is 23.8 Å². The van der Waals surface area contributed by atoms with Crippen LogP contribution in [0, 0.1) is 0 Å². The Morgan fingerprint density at radius 3 is 2.34 bits per heavy atom. The van der Waals surface area contributed by atoms with Crippen molar-refractivity contribution in [3.8, 4) is 23.0 Å². The van der Waals surface area contributed by atoms with Gasteiger partial charge >= 0.3 is 0 Å². The van der Waals surface area contributed by atoms with Gasteiger partial charge in [0.05, 0.1) is 0 Å². The maximum atomic E-state index is 10.6. The molecule has 2 aromatic rings. The lowest BCUT2D eigenvalue weighted by Gasteiger charge is -2.30. The van der Waals surface area contributed by atoms with Crippen LogP contribution in [0.1, 0.15) is 56.4 Å². The average molecular weight is 395 g/mol. The van der Waals surface area contributed by atoms with E-state index in [-0.39, 0.29) is 17.2 Å². The Morgan fingerprint density at radius 2 is 1.69 bits per heavy atom. The van der Waals surface area contributed by atoms with Crippen LogP contribution in [0.25, 0.3) is 6.08 Å². The zero-order chi connectivity index (χ0) is 21.2. The van der Waals surface area contributed by atoms with Crippen LogP contribution >= 0.6 is 0 Å². The molecule has 29 heavy (non-hydrogen) atoms. The fourth-order valence-electron chi connectivity index (χ4n) is 3.68. The minimum atomic E-state index is -0.456. The van der Waals surface area contributed by atoms with E-state index >= 15 is 0 Å². The first kappa shape index (κ1) is 20.8. The molecule has 0 fully saturated rings. The van der Waals surface area contributed by atoms with Gasteiger partial charge in [0.1, 0.15) is 17.1 Å². The van der Waals surface area contributed by atoms with Crippen molar-refractivity contribution in [2.45, 2.75) is 59.0 Å². The van der Waals surface area contributed by atoms with E-state index in [2.05, 4.69) is 19.9 Å². The van der Waals surface area contributed by atoms with Gasteiger partial charge in [-0.15, -0.1) is 0 Å². The van der Waals surface area contributed by atoms with Crippen LogP contribution in [0.4, 0.5) is 0 Å². The van der Waals surface area contributed by atoms with E-state index in [0.717, 1.165) is 36.0 Å². The largest absolute Gasteiger partial charge is 0.508 e. The molecule has 1 heterocycles. The Morgan fingerprint density at radius 1 is 1.00 bits per heavy atom. The summed E-state index contributed by atoms with van der Waals surface area (Å²) in [5, 5.41) is 30.6. The Balaban J connectivity index is 1.91. The van der Waals surface area contributed by atoms with E-state index in [1.807, 2.05) is 26.0 Å². The van der Waals surface area contributed by atoms with Gasteiger partial charge in [-0.25, -0.2) is 0 Å². The van der Waals surface area contributed by atoms with E-state index in [9.17, 15) is 15.3 Å². The van der Waals surface area contributed by atoms with Crippen molar-refractivity contribution in [1.82, 2.24) is 0 Å². The van der Waals surface area contributed by atoms with Crippen LogP contribution in [-0.2, 0) is 19.3 Å². The van der Waals surface area contributed by atoms with E-state index in [4.69, 9.17) is 4.74 Å². The maximum absolute atomic E-state index is 10.6. The van der Waals surface area contributed by atoms with Crippen LogP contribution in [0.15, 0.2) is 42.0 Å². The van der Waals surface area contributed by atoms with Gasteiger partial charge in [0.25, 0.3) is 0 Å². The van der Waals surface area contributed by atoms with Gasteiger partial charge < -0.3 is 20.1 Å². The van der Waals surface area contributed by atoms with Crippen LogP contribution in [0.5, 0.6) is 23.0 Å². The quantitative estimate of drug-likeness (QED) is 0.552. The molecule has 4 nitrogen and oxygen atoms in total. The number of allylic oxidation sites excluding steroid dienone is 2. The van der Waals surface area contributed by atoms with Gasteiger partial charge in [0, 0.05) is 11.1 Å². The normalized spacial score (nSPS) is 14.2. The number of aromatic hydroxyl groups is 3. The summed E-state index contributed by atoms with van der Waals surface area (Å²) in [5.41, 5.74) is 4.47. The number of rotatable bonds is 6. The molecule has 0 aliphatic carbocycles. The molecule has 154 valence electrons. The summed E-state index contributed by atoms with van der Waals surface area (Å²) in [4.78, 5) is 0. The first-order valence-electron chi connectivity index (χ1n) is 10.1. The number of benzene rings is 2. The second-order valence-corrected chi connectivity index (χ2v) is 8.43. The highest BCUT2D eigenvalue weighted by Gasteiger charge is 2.27. The smallest absolute Gasteiger partial charge is 0.169 e. The third-order valence-electron chi connectivity index (χ3n) is 5.23. The van der Waals surface area contributed by atoms with Crippen LogP contribution in [-0.4, -0.2) is 20.9 Å². The summed E-state index contributed by atoms with van der Waals surface area (Å²) >= 11 is 0. The first-order chi connectivity index (χ1) is 13.7. The molecular weight excluding hydrogens is 364 g/mol. The van der Waals surface area contributed by atoms with Gasteiger partial charge in [-0.05, 0) is 88.8 Å². The van der Waals surface area contributed by atoms with Crippen molar-refractivity contribution in [1.29, 1.82) is 0 Å². The summed E-state index contributed by atoms with van der Waals surface area (Å²) < 4.78 is 6.03. The Hall–Kier alpha value is -2.88.